The van der Waals surface area contributed by atoms with Crippen molar-refractivity contribution < 1.29 is 19.6 Å². The SMILES string of the molecule is COOC(C)/C=C/c1cccc(P(O)O)c1. The van der Waals surface area contributed by atoms with Crippen LogP contribution in [0.1, 0.15) is 12.5 Å². The van der Waals surface area contributed by atoms with E-state index in [4.69, 9.17) is 14.7 Å². The number of hydrogen-bond donors (Lipinski definition) is 2. The first kappa shape index (κ1) is 13.3. The molecule has 5 heteroatoms. The fourth-order valence-electron chi connectivity index (χ4n) is 1.18. The fraction of sp³-hybridized carbons (Fsp3) is 0.273. The molecule has 0 aliphatic heterocycles. The first-order chi connectivity index (χ1) is 7.63. The molecule has 0 aliphatic carbocycles. The maximum Gasteiger partial charge on any atom is 0.199 e. The Kier molecular flexibility index (Phi) is 5.60. The van der Waals surface area contributed by atoms with E-state index in [1.54, 1.807) is 18.2 Å². The summed E-state index contributed by atoms with van der Waals surface area (Å²) < 4.78 is 0. The van der Waals surface area contributed by atoms with E-state index in [0.717, 1.165) is 5.56 Å². The molecule has 16 heavy (non-hydrogen) atoms. The molecule has 1 rings (SSSR count). The van der Waals surface area contributed by atoms with Crippen molar-refractivity contribution in [2.24, 2.45) is 0 Å². The highest BCUT2D eigenvalue weighted by Crippen LogP contribution is 2.22. The van der Waals surface area contributed by atoms with E-state index >= 15 is 0 Å². The highest BCUT2D eigenvalue weighted by molar-refractivity contribution is 7.54. The number of rotatable bonds is 5. The number of benzene rings is 1. The summed E-state index contributed by atoms with van der Waals surface area (Å²) >= 11 is 0. The summed E-state index contributed by atoms with van der Waals surface area (Å²) in [5.74, 6) is 0. The van der Waals surface area contributed by atoms with Gasteiger partial charge >= 0.3 is 0 Å². The lowest BCUT2D eigenvalue weighted by molar-refractivity contribution is -0.289. The molecule has 1 aromatic carbocycles. The van der Waals surface area contributed by atoms with Gasteiger partial charge in [0.25, 0.3) is 0 Å². The highest BCUT2D eigenvalue weighted by Gasteiger charge is 2.03. The van der Waals surface area contributed by atoms with Gasteiger partial charge in [-0.25, -0.2) is 9.78 Å². The lowest BCUT2D eigenvalue weighted by atomic mass is 10.2. The summed E-state index contributed by atoms with van der Waals surface area (Å²) in [4.78, 5) is 27.5. The van der Waals surface area contributed by atoms with E-state index in [0.29, 0.717) is 5.30 Å². The zero-order valence-electron chi connectivity index (χ0n) is 9.20. The van der Waals surface area contributed by atoms with E-state index in [9.17, 15) is 0 Å². The summed E-state index contributed by atoms with van der Waals surface area (Å²) in [7, 11) is -0.580. The summed E-state index contributed by atoms with van der Waals surface area (Å²) in [6, 6.07) is 7.05. The third kappa shape index (κ3) is 4.39. The van der Waals surface area contributed by atoms with Crippen LogP contribution < -0.4 is 5.30 Å². The maximum absolute atomic E-state index is 9.06. The van der Waals surface area contributed by atoms with E-state index in [2.05, 4.69) is 4.89 Å². The van der Waals surface area contributed by atoms with Gasteiger partial charge in [0.15, 0.2) is 8.38 Å². The average molecular weight is 242 g/mol. The van der Waals surface area contributed by atoms with Crippen LogP contribution in [0.15, 0.2) is 30.3 Å². The van der Waals surface area contributed by atoms with Gasteiger partial charge in [-0.3, -0.25) is 0 Å². The first-order valence-electron chi connectivity index (χ1n) is 4.79. The van der Waals surface area contributed by atoms with Crippen LogP contribution in [0.5, 0.6) is 0 Å². The van der Waals surface area contributed by atoms with Gasteiger partial charge in [-0.15, -0.1) is 0 Å². The van der Waals surface area contributed by atoms with Gasteiger partial charge in [0.1, 0.15) is 6.10 Å². The standard InChI is InChI=1S/C11H15O4P/c1-9(15-14-2)6-7-10-4-3-5-11(8-10)16(12)13/h3-9,12-13H,1-2H3/b7-6+. The van der Waals surface area contributed by atoms with Gasteiger partial charge in [0, 0.05) is 5.30 Å². The van der Waals surface area contributed by atoms with Gasteiger partial charge in [-0.2, -0.15) is 0 Å². The zero-order chi connectivity index (χ0) is 12.0. The van der Waals surface area contributed by atoms with Crippen LogP contribution in [0, 0.1) is 0 Å². The van der Waals surface area contributed by atoms with E-state index in [1.165, 1.54) is 7.11 Å². The van der Waals surface area contributed by atoms with Crippen molar-refractivity contribution >= 4 is 19.8 Å². The van der Waals surface area contributed by atoms with Crippen molar-refractivity contribution in [3.05, 3.63) is 35.9 Å². The Morgan fingerprint density at radius 1 is 1.38 bits per heavy atom. The molecule has 0 saturated carbocycles. The monoisotopic (exact) mass is 242 g/mol. The van der Waals surface area contributed by atoms with Crippen LogP contribution in [-0.2, 0) is 9.78 Å². The molecule has 0 radical (unpaired) electrons. The molecule has 0 bridgehead atoms. The van der Waals surface area contributed by atoms with Gasteiger partial charge in [-0.1, -0.05) is 24.3 Å². The molecule has 0 heterocycles. The molecule has 1 unspecified atom stereocenters. The van der Waals surface area contributed by atoms with Gasteiger partial charge in [-0.05, 0) is 24.6 Å². The molecular weight excluding hydrogens is 227 g/mol. The molecule has 0 saturated heterocycles. The van der Waals surface area contributed by atoms with Crippen molar-refractivity contribution in [2.75, 3.05) is 7.11 Å². The Labute approximate surface area is 96.0 Å². The van der Waals surface area contributed by atoms with E-state index in [1.807, 2.05) is 25.1 Å². The molecule has 1 aromatic rings. The lowest BCUT2D eigenvalue weighted by Crippen LogP contribution is -2.03. The molecular formula is C11H15O4P. The fourth-order valence-corrected chi connectivity index (χ4v) is 1.67. The van der Waals surface area contributed by atoms with E-state index < -0.39 is 8.38 Å². The predicted octanol–water partition coefficient (Wildman–Crippen LogP) is 1.59. The van der Waals surface area contributed by atoms with Crippen molar-refractivity contribution in [3.63, 3.8) is 0 Å². The van der Waals surface area contributed by atoms with E-state index in [-0.39, 0.29) is 6.10 Å². The topological polar surface area (TPSA) is 58.9 Å². The minimum atomic E-state index is -2.03. The third-order valence-electron chi connectivity index (χ3n) is 1.91. The van der Waals surface area contributed by atoms with Gasteiger partial charge < -0.3 is 9.79 Å². The Morgan fingerprint density at radius 2 is 2.12 bits per heavy atom. The molecule has 4 nitrogen and oxygen atoms in total. The Morgan fingerprint density at radius 3 is 2.75 bits per heavy atom. The number of hydrogen-bond acceptors (Lipinski definition) is 4. The van der Waals surface area contributed by atoms with Crippen molar-refractivity contribution in [3.8, 4) is 0 Å². The first-order valence-corrected chi connectivity index (χ1v) is 6.04. The molecule has 0 amide bonds. The normalized spacial score (nSPS) is 13.6. The average Bonchev–Trinajstić information content (AvgIpc) is 2.27. The molecule has 0 spiro atoms. The van der Waals surface area contributed by atoms with Gasteiger partial charge in [0.2, 0.25) is 0 Å². The minimum absolute atomic E-state index is 0.154. The van der Waals surface area contributed by atoms with Crippen LogP contribution in [0.4, 0.5) is 0 Å². The zero-order valence-corrected chi connectivity index (χ0v) is 10.1. The predicted molar refractivity (Wildman–Crippen MR) is 64.0 cm³/mol. The second-order valence-electron chi connectivity index (χ2n) is 3.21. The molecule has 0 fully saturated rings. The highest BCUT2D eigenvalue weighted by atomic mass is 31.2. The Bertz CT molecular complexity index is 352. The second kappa shape index (κ2) is 6.74. The maximum atomic E-state index is 9.06. The van der Waals surface area contributed by atoms with Gasteiger partial charge in [0.05, 0.1) is 7.11 Å². The minimum Gasteiger partial charge on any atom is -0.347 e. The molecule has 1 atom stereocenters. The van der Waals surface area contributed by atoms with Crippen LogP contribution in [0.3, 0.4) is 0 Å². The Hall–Kier alpha value is -0.770. The van der Waals surface area contributed by atoms with Crippen LogP contribution in [0.25, 0.3) is 6.08 Å². The van der Waals surface area contributed by atoms with Crippen molar-refractivity contribution in [2.45, 2.75) is 13.0 Å². The smallest absolute Gasteiger partial charge is 0.199 e. The van der Waals surface area contributed by atoms with Crippen LogP contribution >= 0.6 is 8.38 Å². The summed E-state index contributed by atoms with van der Waals surface area (Å²) in [6.45, 7) is 1.84. The summed E-state index contributed by atoms with van der Waals surface area (Å²) in [5, 5.41) is 0.525. The van der Waals surface area contributed by atoms with Crippen molar-refractivity contribution in [1.82, 2.24) is 0 Å². The van der Waals surface area contributed by atoms with Crippen LogP contribution in [0.2, 0.25) is 0 Å². The third-order valence-corrected chi connectivity index (χ3v) is 2.65. The molecule has 88 valence electrons. The largest absolute Gasteiger partial charge is 0.347 e. The Balaban J connectivity index is 2.70. The lowest BCUT2D eigenvalue weighted by Gasteiger charge is -2.05. The summed E-state index contributed by atoms with van der Waals surface area (Å²) in [6.07, 6.45) is 3.50. The summed E-state index contributed by atoms with van der Waals surface area (Å²) in [5.41, 5.74) is 0.889. The van der Waals surface area contributed by atoms with Crippen LogP contribution in [-0.4, -0.2) is 23.0 Å². The van der Waals surface area contributed by atoms with Crippen molar-refractivity contribution in [1.29, 1.82) is 0 Å². The molecule has 0 aliphatic rings. The second-order valence-corrected chi connectivity index (χ2v) is 4.31. The molecule has 2 N–H and O–H groups in total. The molecule has 0 aromatic heterocycles. The quantitative estimate of drug-likeness (QED) is 0.467.